The largest absolute Gasteiger partial charge is 0.397 e. The minimum Gasteiger partial charge on any atom is -0.397 e. The van der Waals surface area contributed by atoms with E-state index in [1.165, 1.54) is 30.0 Å². The van der Waals surface area contributed by atoms with Gasteiger partial charge in [0.05, 0.1) is 27.8 Å². The van der Waals surface area contributed by atoms with E-state index < -0.39 is 5.82 Å². The van der Waals surface area contributed by atoms with Crippen molar-refractivity contribution in [2.75, 3.05) is 16.8 Å². The fourth-order valence-corrected chi connectivity index (χ4v) is 2.52. The van der Waals surface area contributed by atoms with Gasteiger partial charge in [0.25, 0.3) is 0 Å². The van der Waals surface area contributed by atoms with Gasteiger partial charge in [0.1, 0.15) is 5.82 Å². The quantitative estimate of drug-likeness (QED) is 0.669. The highest BCUT2D eigenvalue weighted by atomic mass is 32.2. The molecule has 0 saturated heterocycles. The zero-order chi connectivity index (χ0) is 14.7. The second kappa shape index (κ2) is 5.96. The molecule has 1 aromatic carbocycles. The summed E-state index contributed by atoms with van der Waals surface area (Å²) in [6.07, 6.45) is 0. The summed E-state index contributed by atoms with van der Waals surface area (Å²) in [4.78, 5) is 11.8. The van der Waals surface area contributed by atoms with Gasteiger partial charge in [-0.1, -0.05) is 11.8 Å². The third kappa shape index (κ3) is 3.51. The molecule has 0 atom stereocenters. The van der Waals surface area contributed by atoms with Gasteiger partial charge in [-0.2, -0.15) is 5.10 Å². The highest BCUT2D eigenvalue weighted by Gasteiger charge is 2.09. The normalized spacial score (nSPS) is 10.6. The second-order valence-electron chi connectivity index (χ2n) is 4.32. The van der Waals surface area contributed by atoms with Crippen LogP contribution in [0.1, 0.15) is 5.69 Å². The van der Waals surface area contributed by atoms with E-state index in [1.807, 2.05) is 20.0 Å². The number of anilines is 2. The van der Waals surface area contributed by atoms with Crippen LogP contribution in [0.4, 0.5) is 15.8 Å². The van der Waals surface area contributed by atoms with Crippen molar-refractivity contribution in [1.82, 2.24) is 9.78 Å². The molecule has 2 rings (SSSR count). The Balaban J connectivity index is 1.96. The van der Waals surface area contributed by atoms with E-state index in [0.29, 0.717) is 5.69 Å². The van der Waals surface area contributed by atoms with Crippen molar-refractivity contribution < 1.29 is 9.18 Å². The number of amides is 1. The summed E-state index contributed by atoms with van der Waals surface area (Å²) in [5, 5.41) is 7.68. The maximum atomic E-state index is 13.1. The van der Waals surface area contributed by atoms with Crippen LogP contribution in [0, 0.1) is 12.7 Å². The number of hydrogen-bond acceptors (Lipinski definition) is 4. The minimum atomic E-state index is -0.440. The molecule has 0 unspecified atom stereocenters. The summed E-state index contributed by atoms with van der Waals surface area (Å²) in [5.74, 6) is -0.481. The summed E-state index contributed by atoms with van der Waals surface area (Å²) < 4.78 is 14.8. The van der Waals surface area contributed by atoms with E-state index >= 15 is 0 Å². The Hall–Kier alpha value is -2.02. The number of benzene rings is 1. The number of aryl methyl sites for hydroxylation is 2. The molecule has 0 aliphatic heterocycles. The molecular formula is C13H15FN4OS. The Kier molecular flexibility index (Phi) is 4.29. The fourth-order valence-electron chi connectivity index (χ4n) is 1.68. The highest BCUT2D eigenvalue weighted by Crippen LogP contribution is 2.21. The van der Waals surface area contributed by atoms with Crippen molar-refractivity contribution >= 4 is 29.0 Å². The molecular weight excluding hydrogens is 279 g/mol. The van der Waals surface area contributed by atoms with E-state index in [2.05, 4.69) is 10.4 Å². The SMILES string of the molecule is Cc1cc(SCC(=O)Nc2cc(F)ccc2N)n(C)n1. The van der Waals surface area contributed by atoms with E-state index in [4.69, 9.17) is 5.73 Å². The molecule has 0 radical (unpaired) electrons. The monoisotopic (exact) mass is 294 g/mol. The lowest BCUT2D eigenvalue weighted by Crippen LogP contribution is -2.15. The molecule has 0 aliphatic carbocycles. The molecule has 1 heterocycles. The van der Waals surface area contributed by atoms with Gasteiger partial charge in [-0.05, 0) is 31.2 Å². The van der Waals surface area contributed by atoms with Crippen LogP contribution in [0.15, 0.2) is 29.3 Å². The first-order valence-electron chi connectivity index (χ1n) is 5.94. The van der Waals surface area contributed by atoms with Crippen LogP contribution in [-0.2, 0) is 11.8 Å². The average molecular weight is 294 g/mol. The summed E-state index contributed by atoms with van der Waals surface area (Å²) in [7, 11) is 1.82. The van der Waals surface area contributed by atoms with Gasteiger partial charge in [-0.15, -0.1) is 0 Å². The third-order valence-electron chi connectivity index (χ3n) is 2.60. The van der Waals surface area contributed by atoms with Gasteiger partial charge in [0, 0.05) is 7.05 Å². The Morgan fingerprint density at radius 3 is 2.90 bits per heavy atom. The third-order valence-corrected chi connectivity index (χ3v) is 3.68. The maximum Gasteiger partial charge on any atom is 0.234 e. The van der Waals surface area contributed by atoms with Crippen LogP contribution in [0.25, 0.3) is 0 Å². The summed E-state index contributed by atoms with van der Waals surface area (Å²) >= 11 is 1.36. The van der Waals surface area contributed by atoms with Gasteiger partial charge >= 0.3 is 0 Å². The van der Waals surface area contributed by atoms with Gasteiger partial charge < -0.3 is 11.1 Å². The number of halogens is 1. The molecule has 20 heavy (non-hydrogen) atoms. The van der Waals surface area contributed by atoms with Crippen molar-refractivity contribution in [1.29, 1.82) is 0 Å². The lowest BCUT2D eigenvalue weighted by atomic mass is 10.2. The predicted octanol–water partition coefficient (Wildman–Crippen LogP) is 2.18. The Morgan fingerprint density at radius 1 is 1.50 bits per heavy atom. The molecule has 7 heteroatoms. The standard InChI is InChI=1S/C13H15FN4OS/c1-8-5-13(18(2)17-8)20-7-12(19)16-11-6-9(14)3-4-10(11)15/h3-6H,7,15H2,1-2H3,(H,16,19). The number of rotatable bonds is 4. The first-order valence-corrected chi connectivity index (χ1v) is 6.92. The zero-order valence-corrected chi connectivity index (χ0v) is 12.0. The minimum absolute atomic E-state index is 0.203. The number of nitrogen functional groups attached to an aromatic ring is 1. The number of nitrogens with two attached hydrogens (primary N) is 1. The number of nitrogens with zero attached hydrogens (tertiary/aromatic N) is 2. The number of thioether (sulfide) groups is 1. The van der Waals surface area contributed by atoms with E-state index in [9.17, 15) is 9.18 Å². The van der Waals surface area contributed by atoms with Gasteiger partial charge in [-0.3, -0.25) is 9.48 Å². The molecule has 0 saturated carbocycles. The molecule has 3 N–H and O–H groups in total. The average Bonchev–Trinajstić information content (AvgIpc) is 2.70. The summed E-state index contributed by atoms with van der Waals surface area (Å²) in [6, 6.07) is 5.77. The smallest absolute Gasteiger partial charge is 0.234 e. The van der Waals surface area contributed by atoms with E-state index in [-0.39, 0.29) is 17.3 Å². The molecule has 1 amide bonds. The van der Waals surface area contributed by atoms with Crippen LogP contribution >= 0.6 is 11.8 Å². The molecule has 1 aromatic heterocycles. The molecule has 0 spiro atoms. The lowest BCUT2D eigenvalue weighted by Gasteiger charge is -2.08. The maximum absolute atomic E-state index is 13.1. The topological polar surface area (TPSA) is 72.9 Å². The van der Waals surface area contributed by atoms with Gasteiger partial charge in [-0.25, -0.2) is 4.39 Å². The van der Waals surface area contributed by atoms with Crippen molar-refractivity contribution in [3.63, 3.8) is 0 Å². The van der Waals surface area contributed by atoms with E-state index in [1.54, 1.807) is 4.68 Å². The molecule has 0 bridgehead atoms. The first-order chi connectivity index (χ1) is 9.45. The molecule has 2 aromatic rings. The van der Waals surface area contributed by atoms with Crippen LogP contribution in [0.5, 0.6) is 0 Å². The van der Waals surface area contributed by atoms with Crippen LogP contribution in [-0.4, -0.2) is 21.4 Å². The Bertz CT molecular complexity index is 641. The number of nitrogens with one attached hydrogen (secondary N) is 1. The highest BCUT2D eigenvalue weighted by molar-refractivity contribution is 7.99. The summed E-state index contributed by atoms with van der Waals surface area (Å²) in [6.45, 7) is 1.89. The second-order valence-corrected chi connectivity index (χ2v) is 5.31. The van der Waals surface area contributed by atoms with Gasteiger partial charge in [0.15, 0.2) is 0 Å². The van der Waals surface area contributed by atoms with Crippen LogP contribution < -0.4 is 11.1 Å². The number of aromatic nitrogens is 2. The number of carbonyl (C=O) groups excluding carboxylic acids is 1. The molecule has 5 nitrogen and oxygen atoms in total. The predicted molar refractivity (Wildman–Crippen MR) is 78.1 cm³/mol. The van der Waals surface area contributed by atoms with Crippen molar-refractivity contribution in [3.05, 3.63) is 35.8 Å². The van der Waals surface area contributed by atoms with Crippen molar-refractivity contribution in [2.45, 2.75) is 11.9 Å². The Labute approximate surface area is 120 Å². The zero-order valence-electron chi connectivity index (χ0n) is 11.2. The number of carbonyl (C=O) groups is 1. The van der Waals surface area contributed by atoms with Gasteiger partial charge in [0.2, 0.25) is 5.91 Å². The van der Waals surface area contributed by atoms with Crippen LogP contribution in [0.3, 0.4) is 0 Å². The lowest BCUT2D eigenvalue weighted by molar-refractivity contribution is -0.113. The molecule has 106 valence electrons. The van der Waals surface area contributed by atoms with Crippen molar-refractivity contribution in [2.24, 2.45) is 7.05 Å². The number of hydrogen-bond donors (Lipinski definition) is 2. The molecule has 0 aliphatic rings. The molecule has 0 fully saturated rings. The first kappa shape index (κ1) is 14.4. The summed E-state index contributed by atoms with van der Waals surface area (Å²) in [5.41, 5.74) is 7.19. The van der Waals surface area contributed by atoms with Crippen molar-refractivity contribution in [3.8, 4) is 0 Å². The van der Waals surface area contributed by atoms with E-state index in [0.717, 1.165) is 10.7 Å². The fraction of sp³-hybridized carbons (Fsp3) is 0.231. The Morgan fingerprint density at radius 2 is 2.25 bits per heavy atom. The van der Waals surface area contributed by atoms with Crippen LogP contribution in [0.2, 0.25) is 0 Å².